The van der Waals surface area contributed by atoms with E-state index in [-0.39, 0.29) is 0 Å². The van der Waals surface area contributed by atoms with Crippen LogP contribution in [0.3, 0.4) is 0 Å². The molecule has 0 fully saturated rings. The van der Waals surface area contributed by atoms with Crippen molar-refractivity contribution in [1.82, 2.24) is 10.3 Å². The number of nitrogens with zero attached hydrogens (tertiary/aromatic N) is 1. The summed E-state index contributed by atoms with van der Waals surface area (Å²) in [6.07, 6.45) is 5.79. The maximum absolute atomic E-state index is 4.26. The lowest BCUT2D eigenvalue weighted by atomic mass is 9.94. The molecule has 2 rings (SSSR count). The van der Waals surface area contributed by atoms with Crippen molar-refractivity contribution in [2.75, 3.05) is 6.54 Å². The number of aryl methyl sites for hydroxylation is 1. The molecular formula is C17H21BrN2. The molecule has 3 heteroatoms. The molecule has 1 N–H and O–H groups in total. The van der Waals surface area contributed by atoms with Crippen LogP contribution in [0.1, 0.15) is 36.6 Å². The van der Waals surface area contributed by atoms with Crippen molar-refractivity contribution in [1.29, 1.82) is 0 Å². The van der Waals surface area contributed by atoms with E-state index in [1.165, 1.54) is 16.7 Å². The second-order valence-electron chi connectivity index (χ2n) is 4.88. The van der Waals surface area contributed by atoms with Crippen LogP contribution in [-0.2, 0) is 12.8 Å². The maximum Gasteiger partial charge on any atom is 0.0410 e. The van der Waals surface area contributed by atoms with Gasteiger partial charge in [0.15, 0.2) is 0 Å². The van der Waals surface area contributed by atoms with Gasteiger partial charge in [0, 0.05) is 22.9 Å². The summed E-state index contributed by atoms with van der Waals surface area (Å²) >= 11 is 3.49. The van der Waals surface area contributed by atoms with E-state index in [9.17, 15) is 0 Å². The fourth-order valence-electron chi connectivity index (χ4n) is 2.54. The molecule has 106 valence electrons. The van der Waals surface area contributed by atoms with Gasteiger partial charge in [-0.05, 0) is 58.1 Å². The number of rotatable bonds is 6. The summed E-state index contributed by atoms with van der Waals surface area (Å²) in [6.45, 7) is 5.33. The van der Waals surface area contributed by atoms with Gasteiger partial charge in [0.2, 0.25) is 0 Å². The monoisotopic (exact) mass is 332 g/mol. The summed E-state index contributed by atoms with van der Waals surface area (Å²) < 4.78 is 1.04. The van der Waals surface area contributed by atoms with Gasteiger partial charge in [-0.3, -0.25) is 4.98 Å². The van der Waals surface area contributed by atoms with Crippen LogP contribution >= 0.6 is 15.9 Å². The lowest BCUT2D eigenvalue weighted by molar-refractivity contribution is 0.545. The first-order chi connectivity index (χ1) is 9.74. The number of halogens is 1. The molecule has 1 aromatic heterocycles. The average molecular weight is 333 g/mol. The van der Waals surface area contributed by atoms with Gasteiger partial charge in [-0.25, -0.2) is 0 Å². The molecule has 0 spiro atoms. The Labute approximate surface area is 129 Å². The molecule has 0 amide bonds. The number of hydrogen-bond acceptors (Lipinski definition) is 2. The van der Waals surface area contributed by atoms with Gasteiger partial charge < -0.3 is 5.32 Å². The summed E-state index contributed by atoms with van der Waals surface area (Å²) in [4.78, 5) is 4.26. The number of pyridine rings is 1. The van der Waals surface area contributed by atoms with Gasteiger partial charge >= 0.3 is 0 Å². The third-order valence-corrected chi connectivity index (χ3v) is 3.90. The maximum atomic E-state index is 4.26. The molecule has 0 aliphatic carbocycles. The van der Waals surface area contributed by atoms with Crippen molar-refractivity contribution < 1.29 is 0 Å². The van der Waals surface area contributed by atoms with E-state index in [1.54, 1.807) is 0 Å². The van der Waals surface area contributed by atoms with Crippen LogP contribution in [0.4, 0.5) is 0 Å². The van der Waals surface area contributed by atoms with Crippen molar-refractivity contribution in [3.05, 3.63) is 63.9 Å². The van der Waals surface area contributed by atoms with E-state index in [0.717, 1.165) is 23.9 Å². The highest BCUT2D eigenvalue weighted by molar-refractivity contribution is 9.10. The van der Waals surface area contributed by atoms with E-state index in [2.05, 4.69) is 70.4 Å². The third kappa shape index (κ3) is 3.90. The van der Waals surface area contributed by atoms with E-state index < -0.39 is 0 Å². The van der Waals surface area contributed by atoms with Crippen LogP contribution in [0, 0.1) is 0 Å². The molecule has 0 radical (unpaired) electrons. The molecule has 20 heavy (non-hydrogen) atoms. The Kier molecular flexibility index (Phi) is 5.74. The van der Waals surface area contributed by atoms with Crippen molar-refractivity contribution in [2.45, 2.75) is 32.7 Å². The highest BCUT2D eigenvalue weighted by Gasteiger charge is 2.14. The molecule has 1 atom stereocenters. The smallest absolute Gasteiger partial charge is 0.0410 e. The Morgan fingerprint density at radius 2 is 2.00 bits per heavy atom. The highest BCUT2D eigenvalue weighted by atomic mass is 79.9. The van der Waals surface area contributed by atoms with Crippen LogP contribution in [0.15, 0.2) is 47.2 Å². The van der Waals surface area contributed by atoms with Crippen molar-refractivity contribution in [3.8, 4) is 0 Å². The van der Waals surface area contributed by atoms with Crippen molar-refractivity contribution in [2.24, 2.45) is 0 Å². The second-order valence-corrected chi connectivity index (χ2v) is 5.79. The number of benzene rings is 1. The SMILES string of the molecule is CCNC(Cc1cncc(Br)c1)c1ccccc1CC. The van der Waals surface area contributed by atoms with Gasteiger partial charge in [0.05, 0.1) is 0 Å². The van der Waals surface area contributed by atoms with Crippen LogP contribution in [0.2, 0.25) is 0 Å². The minimum absolute atomic E-state index is 0.340. The molecule has 1 heterocycles. The van der Waals surface area contributed by atoms with Crippen LogP contribution in [0.25, 0.3) is 0 Å². The van der Waals surface area contributed by atoms with Crippen LogP contribution < -0.4 is 5.32 Å². The standard InChI is InChI=1S/C17H21BrN2/c1-3-14-7-5-6-8-16(14)17(20-4-2)10-13-9-15(18)12-19-11-13/h5-9,11-12,17,20H,3-4,10H2,1-2H3. The van der Waals surface area contributed by atoms with Crippen LogP contribution in [0.5, 0.6) is 0 Å². The van der Waals surface area contributed by atoms with Crippen molar-refractivity contribution in [3.63, 3.8) is 0 Å². The third-order valence-electron chi connectivity index (χ3n) is 3.46. The number of likely N-dealkylation sites (N-methyl/N-ethyl adjacent to an activating group) is 1. The highest BCUT2D eigenvalue weighted by Crippen LogP contribution is 2.23. The predicted molar refractivity (Wildman–Crippen MR) is 87.9 cm³/mol. The van der Waals surface area contributed by atoms with E-state index in [0.29, 0.717) is 6.04 Å². The van der Waals surface area contributed by atoms with Gasteiger partial charge in [0.25, 0.3) is 0 Å². The van der Waals surface area contributed by atoms with E-state index in [4.69, 9.17) is 0 Å². The largest absolute Gasteiger partial charge is 0.310 e. The Morgan fingerprint density at radius 1 is 1.20 bits per heavy atom. The lowest BCUT2D eigenvalue weighted by Crippen LogP contribution is -2.24. The number of hydrogen-bond donors (Lipinski definition) is 1. The summed E-state index contributed by atoms with van der Waals surface area (Å²) in [5.41, 5.74) is 4.06. The molecular weight excluding hydrogens is 312 g/mol. The van der Waals surface area contributed by atoms with E-state index in [1.807, 2.05) is 12.4 Å². The molecule has 0 saturated heterocycles. The van der Waals surface area contributed by atoms with Gasteiger partial charge in [-0.2, -0.15) is 0 Å². The zero-order valence-electron chi connectivity index (χ0n) is 12.1. The summed E-state index contributed by atoms with van der Waals surface area (Å²) in [5, 5.41) is 3.60. The van der Waals surface area contributed by atoms with Crippen LogP contribution in [-0.4, -0.2) is 11.5 Å². The first-order valence-corrected chi connectivity index (χ1v) is 7.94. The fraction of sp³-hybridized carbons (Fsp3) is 0.353. The molecule has 2 nitrogen and oxygen atoms in total. The molecule has 2 aromatic rings. The van der Waals surface area contributed by atoms with Gasteiger partial charge in [-0.15, -0.1) is 0 Å². The normalized spacial score (nSPS) is 12.3. The minimum Gasteiger partial charge on any atom is -0.310 e. The Hall–Kier alpha value is -1.19. The second kappa shape index (κ2) is 7.55. The molecule has 1 unspecified atom stereocenters. The van der Waals surface area contributed by atoms with E-state index >= 15 is 0 Å². The number of nitrogens with one attached hydrogen (secondary N) is 1. The summed E-state index contributed by atoms with van der Waals surface area (Å²) in [6, 6.07) is 11.2. The zero-order chi connectivity index (χ0) is 14.4. The first-order valence-electron chi connectivity index (χ1n) is 7.15. The summed E-state index contributed by atoms with van der Waals surface area (Å²) in [5.74, 6) is 0. The van der Waals surface area contributed by atoms with Crippen molar-refractivity contribution >= 4 is 15.9 Å². The van der Waals surface area contributed by atoms with Gasteiger partial charge in [-0.1, -0.05) is 38.1 Å². The van der Waals surface area contributed by atoms with Gasteiger partial charge in [0.1, 0.15) is 0 Å². The molecule has 0 bridgehead atoms. The lowest BCUT2D eigenvalue weighted by Gasteiger charge is -2.21. The zero-order valence-corrected chi connectivity index (χ0v) is 13.7. The Bertz CT molecular complexity index is 554. The first kappa shape index (κ1) is 15.2. The topological polar surface area (TPSA) is 24.9 Å². The Balaban J connectivity index is 2.26. The molecule has 0 saturated carbocycles. The molecule has 0 aliphatic heterocycles. The Morgan fingerprint density at radius 3 is 2.70 bits per heavy atom. The molecule has 0 aliphatic rings. The summed E-state index contributed by atoms with van der Waals surface area (Å²) in [7, 11) is 0. The average Bonchev–Trinajstić information content (AvgIpc) is 2.47. The molecule has 1 aromatic carbocycles. The predicted octanol–water partition coefficient (Wildman–Crippen LogP) is 4.30. The number of aromatic nitrogens is 1. The minimum atomic E-state index is 0.340. The quantitative estimate of drug-likeness (QED) is 0.853. The fourth-order valence-corrected chi connectivity index (χ4v) is 2.95.